The maximum atomic E-state index is 6.26. The maximum Gasteiger partial charge on any atom is 0.147 e. The Bertz CT molecular complexity index is 346. The summed E-state index contributed by atoms with van der Waals surface area (Å²) in [6.07, 6.45) is 6.10. The van der Waals surface area contributed by atoms with Gasteiger partial charge in [0.2, 0.25) is 0 Å². The molecule has 14 heavy (non-hydrogen) atoms. The SMILES string of the molecule is NC1(c2cnc(Cl)c(Cl)c2)CCCC1. The predicted octanol–water partition coefficient (Wildman–Crippen LogP) is 3.12. The lowest BCUT2D eigenvalue weighted by molar-refractivity contribution is 0.460. The lowest BCUT2D eigenvalue weighted by Crippen LogP contribution is -2.33. The van der Waals surface area contributed by atoms with E-state index in [0.717, 1.165) is 18.4 Å². The van der Waals surface area contributed by atoms with E-state index < -0.39 is 0 Å². The molecule has 0 aliphatic heterocycles. The van der Waals surface area contributed by atoms with Crippen molar-refractivity contribution in [3.05, 3.63) is 28.0 Å². The second-order valence-corrected chi connectivity index (χ2v) is 4.63. The summed E-state index contributed by atoms with van der Waals surface area (Å²) in [6.45, 7) is 0. The second kappa shape index (κ2) is 3.69. The Morgan fingerprint density at radius 2 is 1.93 bits per heavy atom. The van der Waals surface area contributed by atoms with Gasteiger partial charge in [-0.1, -0.05) is 36.0 Å². The van der Waals surface area contributed by atoms with E-state index in [2.05, 4.69) is 4.98 Å². The van der Waals surface area contributed by atoms with Crippen LogP contribution in [0.1, 0.15) is 31.2 Å². The van der Waals surface area contributed by atoms with Crippen molar-refractivity contribution in [1.29, 1.82) is 0 Å². The Labute approximate surface area is 93.4 Å². The maximum absolute atomic E-state index is 6.26. The number of aromatic nitrogens is 1. The fraction of sp³-hybridized carbons (Fsp3) is 0.500. The predicted molar refractivity (Wildman–Crippen MR) is 58.6 cm³/mol. The van der Waals surface area contributed by atoms with E-state index >= 15 is 0 Å². The number of hydrogen-bond donors (Lipinski definition) is 1. The van der Waals surface area contributed by atoms with Gasteiger partial charge in [-0.25, -0.2) is 4.98 Å². The molecular weight excluding hydrogens is 219 g/mol. The van der Waals surface area contributed by atoms with Gasteiger partial charge < -0.3 is 5.73 Å². The highest BCUT2D eigenvalue weighted by molar-refractivity contribution is 6.41. The van der Waals surface area contributed by atoms with Crippen LogP contribution in [0.25, 0.3) is 0 Å². The summed E-state index contributed by atoms with van der Waals surface area (Å²) in [5, 5.41) is 0.831. The molecular formula is C10H12Cl2N2. The lowest BCUT2D eigenvalue weighted by atomic mass is 9.91. The molecule has 1 aliphatic carbocycles. The zero-order chi connectivity index (χ0) is 10.2. The van der Waals surface area contributed by atoms with Crippen molar-refractivity contribution in [2.75, 3.05) is 0 Å². The van der Waals surface area contributed by atoms with Gasteiger partial charge in [0.05, 0.1) is 5.02 Å². The van der Waals surface area contributed by atoms with Gasteiger partial charge in [0.15, 0.2) is 0 Å². The van der Waals surface area contributed by atoms with Gasteiger partial charge in [-0.05, 0) is 24.5 Å². The van der Waals surface area contributed by atoms with Gasteiger partial charge in [0.25, 0.3) is 0 Å². The first-order valence-electron chi connectivity index (χ1n) is 4.72. The molecule has 2 N–H and O–H groups in total. The molecule has 0 bridgehead atoms. The van der Waals surface area contributed by atoms with E-state index in [1.165, 1.54) is 12.8 Å². The van der Waals surface area contributed by atoms with E-state index in [-0.39, 0.29) is 5.54 Å². The quantitative estimate of drug-likeness (QED) is 0.754. The Kier molecular flexibility index (Phi) is 2.69. The minimum Gasteiger partial charge on any atom is -0.321 e. The van der Waals surface area contributed by atoms with Crippen molar-refractivity contribution < 1.29 is 0 Å². The summed E-state index contributed by atoms with van der Waals surface area (Å²) in [5.41, 5.74) is 7.03. The number of halogens is 2. The van der Waals surface area contributed by atoms with E-state index in [0.29, 0.717) is 10.2 Å². The first-order chi connectivity index (χ1) is 6.62. The summed E-state index contributed by atoms with van der Waals surface area (Å²) in [6, 6.07) is 1.84. The van der Waals surface area contributed by atoms with Crippen LogP contribution in [0.15, 0.2) is 12.3 Å². The van der Waals surface area contributed by atoms with Crippen molar-refractivity contribution >= 4 is 23.2 Å². The van der Waals surface area contributed by atoms with Crippen LogP contribution in [0, 0.1) is 0 Å². The molecule has 76 valence electrons. The molecule has 1 aromatic heterocycles. The molecule has 4 heteroatoms. The van der Waals surface area contributed by atoms with Crippen molar-refractivity contribution in [3.8, 4) is 0 Å². The first-order valence-corrected chi connectivity index (χ1v) is 5.48. The van der Waals surface area contributed by atoms with Gasteiger partial charge in [-0.15, -0.1) is 0 Å². The fourth-order valence-electron chi connectivity index (χ4n) is 1.99. The summed E-state index contributed by atoms with van der Waals surface area (Å²) in [5.74, 6) is 0. The number of rotatable bonds is 1. The zero-order valence-corrected chi connectivity index (χ0v) is 9.28. The van der Waals surface area contributed by atoms with Gasteiger partial charge >= 0.3 is 0 Å². The van der Waals surface area contributed by atoms with Gasteiger partial charge in [0, 0.05) is 11.7 Å². The van der Waals surface area contributed by atoms with Crippen molar-refractivity contribution in [2.24, 2.45) is 5.73 Å². The third kappa shape index (κ3) is 1.74. The third-order valence-electron chi connectivity index (χ3n) is 2.87. The highest BCUT2D eigenvalue weighted by Crippen LogP contribution is 2.37. The van der Waals surface area contributed by atoms with Crippen LogP contribution in [0.4, 0.5) is 0 Å². The third-order valence-corrected chi connectivity index (χ3v) is 3.55. The van der Waals surface area contributed by atoms with Crippen molar-refractivity contribution in [1.82, 2.24) is 4.98 Å². The van der Waals surface area contributed by atoms with E-state index in [4.69, 9.17) is 28.9 Å². The molecule has 0 atom stereocenters. The summed E-state index contributed by atoms with van der Waals surface area (Å²) in [4.78, 5) is 4.02. The Morgan fingerprint density at radius 1 is 1.29 bits per heavy atom. The molecule has 1 heterocycles. The minimum atomic E-state index is -0.235. The molecule has 1 saturated carbocycles. The molecule has 0 saturated heterocycles. The van der Waals surface area contributed by atoms with Crippen LogP contribution >= 0.6 is 23.2 Å². The average molecular weight is 231 g/mol. The summed E-state index contributed by atoms with van der Waals surface area (Å²) in [7, 11) is 0. The molecule has 0 unspecified atom stereocenters. The standard InChI is InChI=1S/C10H12Cl2N2/c11-8-5-7(6-14-9(8)12)10(13)3-1-2-4-10/h5-6H,1-4,13H2. The Balaban J connectivity index is 2.36. The van der Waals surface area contributed by atoms with Gasteiger partial charge in [-0.3, -0.25) is 0 Å². The monoisotopic (exact) mass is 230 g/mol. The molecule has 1 aliphatic rings. The topological polar surface area (TPSA) is 38.9 Å². The highest BCUT2D eigenvalue weighted by atomic mass is 35.5. The van der Waals surface area contributed by atoms with Gasteiger partial charge in [0.1, 0.15) is 5.15 Å². The Hall–Kier alpha value is -0.310. The van der Waals surface area contributed by atoms with Crippen LogP contribution in [-0.2, 0) is 5.54 Å². The van der Waals surface area contributed by atoms with Crippen LogP contribution in [-0.4, -0.2) is 4.98 Å². The van der Waals surface area contributed by atoms with Gasteiger partial charge in [-0.2, -0.15) is 0 Å². The van der Waals surface area contributed by atoms with Crippen LogP contribution in [0.3, 0.4) is 0 Å². The summed E-state index contributed by atoms with van der Waals surface area (Å²) < 4.78 is 0. The molecule has 0 aromatic carbocycles. The zero-order valence-electron chi connectivity index (χ0n) is 7.76. The molecule has 1 aromatic rings. The second-order valence-electron chi connectivity index (χ2n) is 3.86. The normalized spacial score (nSPS) is 19.9. The molecule has 0 radical (unpaired) electrons. The van der Waals surface area contributed by atoms with E-state index in [1.54, 1.807) is 6.20 Å². The fourth-order valence-corrected chi connectivity index (χ4v) is 2.26. The Morgan fingerprint density at radius 3 is 2.50 bits per heavy atom. The van der Waals surface area contributed by atoms with E-state index in [1.807, 2.05) is 6.07 Å². The van der Waals surface area contributed by atoms with Crippen molar-refractivity contribution in [3.63, 3.8) is 0 Å². The molecule has 1 fully saturated rings. The molecule has 2 nitrogen and oxygen atoms in total. The highest BCUT2D eigenvalue weighted by Gasteiger charge is 2.31. The lowest BCUT2D eigenvalue weighted by Gasteiger charge is -2.23. The number of hydrogen-bond acceptors (Lipinski definition) is 2. The average Bonchev–Trinajstić information content (AvgIpc) is 2.58. The minimum absolute atomic E-state index is 0.235. The van der Waals surface area contributed by atoms with Crippen LogP contribution in [0.5, 0.6) is 0 Å². The van der Waals surface area contributed by atoms with Crippen molar-refractivity contribution in [2.45, 2.75) is 31.2 Å². The summed E-state index contributed by atoms with van der Waals surface area (Å²) >= 11 is 11.7. The largest absolute Gasteiger partial charge is 0.321 e. The molecule has 2 rings (SSSR count). The number of nitrogens with two attached hydrogens (primary N) is 1. The van der Waals surface area contributed by atoms with Crippen LogP contribution < -0.4 is 5.73 Å². The molecule has 0 spiro atoms. The van der Waals surface area contributed by atoms with E-state index in [9.17, 15) is 0 Å². The number of nitrogens with zero attached hydrogens (tertiary/aromatic N) is 1. The smallest absolute Gasteiger partial charge is 0.147 e. The first kappa shape index (κ1) is 10.2. The van der Waals surface area contributed by atoms with Crippen LogP contribution in [0.2, 0.25) is 10.2 Å². The molecule has 0 amide bonds. The number of pyridine rings is 1.